The molecule has 8 nitrogen and oxygen atoms in total. The van der Waals surface area contributed by atoms with Gasteiger partial charge in [-0.05, 0) is 43.0 Å². The molecule has 1 saturated heterocycles. The first-order valence-electron chi connectivity index (χ1n) is 11.7. The Morgan fingerprint density at radius 3 is 2.45 bits per heavy atom. The fourth-order valence-electron chi connectivity index (χ4n) is 4.34. The summed E-state index contributed by atoms with van der Waals surface area (Å²) in [5, 5.41) is 5.26. The van der Waals surface area contributed by atoms with Crippen LogP contribution in [-0.2, 0) is 27.5 Å². The van der Waals surface area contributed by atoms with E-state index < -0.39 is 11.9 Å². The van der Waals surface area contributed by atoms with Gasteiger partial charge in [0.2, 0.25) is 17.7 Å². The summed E-state index contributed by atoms with van der Waals surface area (Å²) in [5.41, 5.74) is 7.84. The highest BCUT2D eigenvalue weighted by Crippen LogP contribution is 2.28. The number of nitrogens with two attached hydrogens (primary N) is 1. The van der Waals surface area contributed by atoms with Crippen molar-refractivity contribution in [3.05, 3.63) is 34.9 Å². The second-order valence-electron chi connectivity index (χ2n) is 8.68. The number of unbranched alkanes of at least 4 members (excludes halogenated alkanes) is 6. The smallest absolute Gasteiger partial charge is 0.255 e. The first-order valence-corrected chi connectivity index (χ1v) is 11.7. The summed E-state index contributed by atoms with van der Waals surface area (Å²) in [4.78, 5) is 49.9. The van der Waals surface area contributed by atoms with Crippen LogP contribution in [-0.4, -0.2) is 41.1 Å². The van der Waals surface area contributed by atoms with E-state index in [0.29, 0.717) is 31.5 Å². The number of rotatable bonds is 12. The fourth-order valence-corrected chi connectivity index (χ4v) is 4.34. The van der Waals surface area contributed by atoms with Crippen LogP contribution in [0.5, 0.6) is 0 Å². The molecule has 2 aliphatic heterocycles. The quantitative estimate of drug-likeness (QED) is 0.315. The van der Waals surface area contributed by atoms with Crippen molar-refractivity contribution in [2.75, 3.05) is 6.54 Å². The van der Waals surface area contributed by atoms with E-state index in [4.69, 9.17) is 5.73 Å². The average Bonchev–Trinajstić information content (AvgIpc) is 3.09. The van der Waals surface area contributed by atoms with E-state index >= 15 is 0 Å². The van der Waals surface area contributed by atoms with Crippen molar-refractivity contribution >= 4 is 36.0 Å². The third-order valence-electron chi connectivity index (χ3n) is 6.19. The number of carbonyl (C=O) groups is 4. The molecule has 182 valence electrons. The Morgan fingerprint density at radius 1 is 1.06 bits per heavy atom. The number of fused-ring (bicyclic) bond motifs is 1. The number of carbonyl (C=O) groups excluding carboxylic acids is 4. The maximum absolute atomic E-state index is 12.7. The van der Waals surface area contributed by atoms with Crippen molar-refractivity contribution in [1.29, 1.82) is 0 Å². The van der Waals surface area contributed by atoms with Crippen LogP contribution < -0.4 is 16.4 Å². The summed E-state index contributed by atoms with van der Waals surface area (Å²) >= 11 is 0. The Balaban J connectivity index is 0.00000385. The van der Waals surface area contributed by atoms with E-state index in [1.54, 1.807) is 6.07 Å². The van der Waals surface area contributed by atoms with Gasteiger partial charge in [0.1, 0.15) is 6.04 Å². The van der Waals surface area contributed by atoms with E-state index in [1.807, 2.05) is 12.1 Å². The first kappa shape index (κ1) is 26.8. The van der Waals surface area contributed by atoms with Gasteiger partial charge in [0.25, 0.3) is 5.91 Å². The van der Waals surface area contributed by atoms with E-state index in [2.05, 4.69) is 10.6 Å². The molecular formula is C24H35ClN4O4. The molecule has 2 heterocycles. The Morgan fingerprint density at radius 2 is 1.76 bits per heavy atom. The van der Waals surface area contributed by atoms with Gasteiger partial charge in [0.05, 0.1) is 0 Å². The van der Waals surface area contributed by atoms with E-state index in [1.165, 1.54) is 24.2 Å². The molecule has 0 aliphatic carbocycles. The molecule has 1 aromatic rings. The summed E-state index contributed by atoms with van der Waals surface area (Å²) < 4.78 is 0. The van der Waals surface area contributed by atoms with Crippen LogP contribution in [0, 0.1) is 0 Å². The molecule has 0 saturated carbocycles. The fraction of sp³-hybridized carbons (Fsp3) is 0.583. The Labute approximate surface area is 201 Å². The van der Waals surface area contributed by atoms with E-state index in [-0.39, 0.29) is 36.5 Å². The summed E-state index contributed by atoms with van der Waals surface area (Å²) in [6, 6.07) is 4.90. The standard InChI is InChI=1S/C24H34N4O4.ClH/c25-13-7-5-3-1-2-4-6-8-21(29)26-15-17-9-10-19-18(14-17)16-28(24(19)32)20-11-12-22(30)27-23(20)31;/h9-10,14,20H,1-8,11-13,15-16,25H2,(H,26,29)(H,27,30,31);1H. The Hall–Kier alpha value is -2.45. The molecule has 4 N–H and O–H groups in total. The van der Waals surface area contributed by atoms with E-state index in [0.717, 1.165) is 43.4 Å². The number of benzene rings is 1. The van der Waals surface area contributed by atoms with Crippen molar-refractivity contribution in [1.82, 2.24) is 15.5 Å². The number of imide groups is 1. The maximum Gasteiger partial charge on any atom is 0.255 e. The predicted molar refractivity (Wildman–Crippen MR) is 128 cm³/mol. The molecule has 3 rings (SSSR count). The van der Waals surface area contributed by atoms with Crippen molar-refractivity contribution < 1.29 is 19.2 Å². The summed E-state index contributed by atoms with van der Waals surface area (Å²) in [6.07, 6.45) is 8.91. The minimum absolute atomic E-state index is 0. The second kappa shape index (κ2) is 13.3. The molecule has 1 fully saturated rings. The first-order chi connectivity index (χ1) is 15.5. The minimum Gasteiger partial charge on any atom is -0.352 e. The van der Waals surface area contributed by atoms with Gasteiger partial charge in [-0.25, -0.2) is 0 Å². The molecule has 4 amide bonds. The lowest BCUT2D eigenvalue weighted by Crippen LogP contribution is -2.52. The van der Waals surface area contributed by atoms with E-state index in [9.17, 15) is 19.2 Å². The van der Waals surface area contributed by atoms with Gasteiger partial charge in [-0.2, -0.15) is 0 Å². The maximum atomic E-state index is 12.7. The van der Waals surface area contributed by atoms with Gasteiger partial charge in [0, 0.05) is 31.5 Å². The third-order valence-corrected chi connectivity index (χ3v) is 6.19. The lowest BCUT2D eigenvalue weighted by molar-refractivity contribution is -0.137. The van der Waals surface area contributed by atoms with Gasteiger partial charge in [0.15, 0.2) is 0 Å². The lowest BCUT2D eigenvalue weighted by atomic mass is 10.0. The van der Waals surface area contributed by atoms with Gasteiger partial charge in [-0.3, -0.25) is 24.5 Å². The summed E-state index contributed by atoms with van der Waals surface area (Å²) in [5.74, 6) is -0.857. The molecule has 0 spiro atoms. The zero-order valence-corrected chi connectivity index (χ0v) is 19.9. The zero-order chi connectivity index (χ0) is 22.9. The molecule has 1 aromatic carbocycles. The van der Waals surface area contributed by atoms with Gasteiger partial charge in [-0.15, -0.1) is 12.4 Å². The zero-order valence-electron chi connectivity index (χ0n) is 19.1. The minimum atomic E-state index is -0.614. The molecule has 33 heavy (non-hydrogen) atoms. The predicted octanol–water partition coefficient (Wildman–Crippen LogP) is 2.57. The van der Waals surface area contributed by atoms with Crippen LogP contribution in [0.25, 0.3) is 0 Å². The Kier molecular flexibility index (Phi) is 10.8. The highest BCUT2D eigenvalue weighted by Gasteiger charge is 2.39. The molecular weight excluding hydrogens is 444 g/mol. The molecule has 1 atom stereocenters. The molecule has 2 aliphatic rings. The number of amides is 4. The van der Waals surface area contributed by atoms with Crippen LogP contribution in [0.1, 0.15) is 85.7 Å². The van der Waals surface area contributed by atoms with Crippen molar-refractivity contribution in [2.24, 2.45) is 5.73 Å². The number of hydrogen-bond donors (Lipinski definition) is 3. The van der Waals surface area contributed by atoms with Crippen LogP contribution in [0.4, 0.5) is 0 Å². The monoisotopic (exact) mass is 478 g/mol. The number of nitrogens with one attached hydrogen (secondary N) is 2. The van der Waals surface area contributed by atoms with Crippen molar-refractivity contribution in [3.63, 3.8) is 0 Å². The third kappa shape index (κ3) is 7.54. The lowest BCUT2D eigenvalue weighted by Gasteiger charge is -2.29. The van der Waals surface area contributed by atoms with Crippen LogP contribution in [0.15, 0.2) is 18.2 Å². The largest absolute Gasteiger partial charge is 0.352 e. The Bertz CT molecular complexity index is 861. The number of piperidine rings is 1. The van der Waals surface area contributed by atoms with Crippen molar-refractivity contribution in [3.8, 4) is 0 Å². The van der Waals surface area contributed by atoms with Crippen LogP contribution in [0.2, 0.25) is 0 Å². The number of nitrogens with zero attached hydrogens (tertiary/aromatic N) is 1. The second-order valence-corrected chi connectivity index (χ2v) is 8.68. The average molecular weight is 479 g/mol. The van der Waals surface area contributed by atoms with Crippen LogP contribution >= 0.6 is 12.4 Å². The number of hydrogen-bond acceptors (Lipinski definition) is 5. The van der Waals surface area contributed by atoms with Crippen molar-refractivity contribution in [2.45, 2.75) is 83.3 Å². The highest BCUT2D eigenvalue weighted by atomic mass is 35.5. The summed E-state index contributed by atoms with van der Waals surface area (Å²) in [6.45, 7) is 1.52. The van der Waals surface area contributed by atoms with Crippen LogP contribution in [0.3, 0.4) is 0 Å². The van der Waals surface area contributed by atoms with Gasteiger partial charge < -0.3 is 16.0 Å². The molecule has 0 bridgehead atoms. The molecule has 9 heteroatoms. The topological polar surface area (TPSA) is 122 Å². The molecule has 0 radical (unpaired) electrons. The molecule has 0 aromatic heterocycles. The number of halogens is 1. The highest BCUT2D eigenvalue weighted by molar-refractivity contribution is 6.05. The molecule has 1 unspecified atom stereocenters. The van der Waals surface area contributed by atoms with Gasteiger partial charge >= 0.3 is 0 Å². The summed E-state index contributed by atoms with van der Waals surface area (Å²) in [7, 11) is 0. The van der Waals surface area contributed by atoms with Gasteiger partial charge in [-0.1, -0.05) is 44.2 Å². The SMILES string of the molecule is Cl.NCCCCCCCCCC(=O)NCc1ccc2c(c1)CN(C1CCC(=O)NC1=O)C2=O. The normalized spacial score (nSPS) is 17.4.